The van der Waals surface area contributed by atoms with E-state index in [9.17, 15) is 0 Å². The van der Waals surface area contributed by atoms with Gasteiger partial charge in [0.05, 0.1) is 11.4 Å². The number of rotatable bonds is 4. The number of hydrogen-bond donors (Lipinski definition) is 1. The van der Waals surface area contributed by atoms with E-state index >= 15 is 0 Å². The van der Waals surface area contributed by atoms with Crippen molar-refractivity contribution in [1.82, 2.24) is 19.7 Å². The minimum atomic E-state index is 0.519. The molecule has 2 fully saturated rings. The van der Waals surface area contributed by atoms with Crippen LogP contribution in [0.3, 0.4) is 0 Å². The van der Waals surface area contributed by atoms with E-state index in [-0.39, 0.29) is 0 Å². The van der Waals surface area contributed by atoms with Crippen LogP contribution in [0, 0.1) is 0 Å². The predicted octanol–water partition coefficient (Wildman–Crippen LogP) is 2.30. The summed E-state index contributed by atoms with van der Waals surface area (Å²) >= 11 is 0. The second kappa shape index (κ2) is 5.15. The molecule has 2 heterocycles. The van der Waals surface area contributed by atoms with Crippen molar-refractivity contribution in [2.75, 3.05) is 11.9 Å². The van der Waals surface area contributed by atoms with Gasteiger partial charge in [-0.3, -0.25) is 4.90 Å². The first-order valence-corrected chi connectivity index (χ1v) is 7.77. The van der Waals surface area contributed by atoms with Crippen LogP contribution < -0.4 is 5.32 Å². The lowest BCUT2D eigenvalue weighted by molar-refractivity contribution is 0.257. The van der Waals surface area contributed by atoms with Gasteiger partial charge < -0.3 is 5.32 Å². The highest BCUT2D eigenvalue weighted by atomic mass is 15.3. The lowest BCUT2D eigenvalue weighted by atomic mass is 10.1. The van der Waals surface area contributed by atoms with Crippen LogP contribution in [0.5, 0.6) is 0 Å². The average molecular weight is 283 g/mol. The molecule has 1 N–H and O–H groups in total. The minimum Gasteiger partial charge on any atom is -0.379 e. The fraction of sp³-hybridized carbons (Fsp3) is 0.500. The molecule has 1 saturated carbocycles. The van der Waals surface area contributed by atoms with Gasteiger partial charge in [0.15, 0.2) is 0 Å². The maximum Gasteiger partial charge on any atom is 0.138 e. The number of para-hydroxylation sites is 2. The first kappa shape index (κ1) is 12.8. The highest BCUT2D eigenvalue weighted by molar-refractivity contribution is 5.61. The molecule has 2 unspecified atom stereocenters. The van der Waals surface area contributed by atoms with Crippen LogP contribution in [-0.4, -0.2) is 44.3 Å². The van der Waals surface area contributed by atoms with Gasteiger partial charge in [-0.1, -0.05) is 12.1 Å². The molecular formula is C16H21N5. The van der Waals surface area contributed by atoms with Gasteiger partial charge in [-0.2, -0.15) is 5.10 Å². The number of hydrogen-bond acceptors (Lipinski definition) is 4. The smallest absolute Gasteiger partial charge is 0.138 e. The lowest BCUT2D eigenvalue weighted by Gasteiger charge is -2.20. The van der Waals surface area contributed by atoms with E-state index in [0.717, 1.165) is 24.0 Å². The summed E-state index contributed by atoms with van der Waals surface area (Å²) in [6.07, 6.45) is 7.29. The summed E-state index contributed by atoms with van der Waals surface area (Å²) in [6, 6.07) is 10.4. The van der Waals surface area contributed by atoms with Gasteiger partial charge in [-0.15, -0.1) is 0 Å². The Balaban J connectivity index is 1.53. The Labute approximate surface area is 125 Å². The summed E-state index contributed by atoms with van der Waals surface area (Å²) in [5.74, 6) is 0. The number of aromatic nitrogens is 3. The first-order valence-electron chi connectivity index (χ1n) is 7.77. The molecule has 1 aliphatic heterocycles. The van der Waals surface area contributed by atoms with E-state index in [1.165, 1.54) is 19.3 Å². The second-order valence-corrected chi connectivity index (χ2v) is 6.21. The number of likely N-dealkylation sites (tertiary alicyclic amines) is 1. The van der Waals surface area contributed by atoms with Crippen LogP contribution >= 0.6 is 0 Å². The van der Waals surface area contributed by atoms with Crippen LogP contribution in [-0.2, 0) is 0 Å². The summed E-state index contributed by atoms with van der Waals surface area (Å²) in [5.41, 5.74) is 2.20. The number of benzene rings is 1. The lowest BCUT2D eigenvalue weighted by Crippen LogP contribution is -2.31. The molecule has 2 aromatic rings. The minimum absolute atomic E-state index is 0.519. The van der Waals surface area contributed by atoms with Gasteiger partial charge >= 0.3 is 0 Å². The maximum absolute atomic E-state index is 4.24. The van der Waals surface area contributed by atoms with Gasteiger partial charge in [0.2, 0.25) is 0 Å². The van der Waals surface area contributed by atoms with Crippen LogP contribution in [0.25, 0.3) is 5.69 Å². The molecular weight excluding hydrogens is 262 g/mol. The number of anilines is 1. The molecule has 1 saturated heterocycles. The Kier molecular flexibility index (Phi) is 3.15. The summed E-state index contributed by atoms with van der Waals surface area (Å²) in [5, 5.41) is 7.96. The number of nitrogens with one attached hydrogen (secondary N) is 1. The zero-order chi connectivity index (χ0) is 14.2. The van der Waals surface area contributed by atoms with Crippen LogP contribution in [0.2, 0.25) is 0 Å². The summed E-state index contributed by atoms with van der Waals surface area (Å²) < 4.78 is 1.82. The number of nitrogens with zero attached hydrogens (tertiary/aromatic N) is 4. The molecule has 2 atom stereocenters. The highest BCUT2D eigenvalue weighted by Gasteiger charge is 2.38. The average Bonchev–Trinajstić information content (AvgIpc) is 3.05. The largest absolute Gasteiger partial charge is 0.379 e. The van der Waals surface area contributed by atoms with Crippen molar-refractivity contribution < 1.29 is 0 Å². The molecule has 1 aromatic heterocycles. The maximum atomic E-state index is 4.24. The van der Waals surface area contributed by atoms with Gasteiger partial charge in [0.25, 0.3) is 0 Å². The molecule has 0 radical (unpaired) electrons. The first-order chi connectivity index (χ1) is 10.3. The second-order valence-electron chi connectivity index (χ2n) is 6.21. The third-order valence-corrected chi connectivity index (χ3v) is 4.57. The van der Waals surface area contributed by atoms with Crippen molar-refractivity contribution >= 4 is 5.69 Å². The third kappa shape index (κ3) is 2.53. The fourth-order valence-corrected chi connectivity index (χ4v) is 3.42. The van der Waals surface area contributed by atoms with Gasteiger partial charge in [-0.05, 0) is 38.3 Å². The molecule has 4 rings (SSSR count). The summed E-state index contributed by atoms with van der Waals surface area (Å²) in [4.78, 5) is 6.71. The Bertz CT molecular complexity index is 605. The van der Waals surface area contributed by atoms with E-state index < -0.39 is 0 Å². The predicted molar refractivity (Wildman–Crippen MR) is 82.6 cm³/mol. The monoisotopic (exact) mass is 283 g/mol. The van der Waals surface area contributed by atoms with Crippen LogP contribution in [0.15, 0.2) is 36.9 Å². The van der Waals surface area contributed by atoms with Crippen LogP contribution in [0.1, 0.15) is 26.2 Å². The van der Waals surface area contributed by atoms with Gasteiger partial charge in [0, 0.05) is 24.7 Å². The van der Waals surface area contributed by atoms with Gasteiger partial charge in [-0.25, -0.2) is 9.67 Å². The van der Waals surface area contributed by atoms with Gasteiger partial charge in [0.1, 0.15) is 12.7 Å². The molecule has 1 aromatic carbocycles. The van der Waals surface area contributed by atoms with Crippen molar-refractivity contribution in [2.45, 2.75) is 44.3 Å². The van der Waals surface area contributed by atoms with Crippen molar-refractivity contribution in [3.05, 3.63) is 36.9 Å². The normalized spacial score (nSPS) is 26.1. The molecule has 0 bridgehead atoms. The SMILES string of the molecule is CC1CC(Nc2ccccc2-n2cncn2)CN1C1CC1. The molecule has 110 valence electrons. The van der Waals surface area contributed by atoms with Crippen molar-refractivity contribution in [3.8, 4) is 5.69 Å². The summed E-state index contributed by atoms with van der Waals surface area (Å²) in [7, 11) is 0. The molecule has 5 heteroatoms. The Morgan fingerprint density at radius 3 is 2.86 bits per heavy atom. The third-order valence-electron chi connectivity index (χ3n) is 4.57. The zero-order valence-electron chi connectivity index (χ0n) is 12.3. The van der Waals surface area contributed by atoms with E-state index in [1.54, 1.807) is 12.7 Å². The zero-order valence-corrected chi connectivity index (χ0v) is 12.3. The Morgan fingerprint density at radius 1 is 1.24 bits per heavy atom. The highest BCUT2D eigenvalue weighted by Crippen LogP contribution is 2.34. The van der Waals surface area contributed by atoms with Crippen LogP contribution in [0.4, 0.5) is 5.69 Å². The molecule has 5 nitrogen and oxygen atoms in total. The fourth-order valence-electron chi connectivity index (χ4n) is 3.42. The quantitative estimate of drug-likeness (QED) is 0.935. The van der Waals surface area contributed by atoms with E-state index in [2.05, 4.69) is 45.4 Å². The molecule has 2 aliphatic rings. The molecule has 1 aliphatic carbocycles. The van der Waals surface area contributed by atoms with E-state index in [4.69, 9.17) is 0 Å². The van der Waals surface area contributed by atoms with E-state index in [0.29, 0.717) is 12.1 Å². The molecule has 0 spiro atoms. The van der Waals surface area contributed by atoms with Crippen molar-refractivity contribution in [1.29, 1.82) is 0 Å². The Hall–Kier alpha value is -1.88. The van der Waals surface area contributed by atoms with Crippen molar-refractivity contribution in [2.24, 2.45) is 0 Å². The topological polar surface area (TPSA) is 46.0 Å². The summed E-state index contributed by atoms with van der Waals surface area (Å²) in [6.45, 7) is 3.50. The standard InChI is InChI=1S/C16H21N5/c1-12-8-13(9-20(12)14-6-7-14)19-15-4-2-3-5-16(15)21-11-17-10-18-21/h2-5,10-14,19H,6-9H2,1H3. The van der Waals surface area contributed by atoms with Crippen molar-refractivity contribution in [3.63, 3.8) is 0 Å². The van der Waals surface area contributed by atoms with E-state index in [1.807, 2.05) is 10.7 Å². The molecule has 21 heavy (non-hydrogen) atoms. The Morgan fingerprint density at radius 2 is 2.10 bits per heavy atom. The molecule has 0 amide bonds.